The molecule has 1 saturated carbocycles. The van der Waals surface area contributed by atoms with E-state index in [1.807, 2.05) is 0 Å². The first-order valence-electron chi connectivity index (χ1n) is 19.7. The first-order valence-corrected chi connectivity index (χ1v) is 21.9. The van der Waals surface area contributed by atoms with E-state index in [0.717, 1.165) is 23.0 Å². The fourth-order valence-corrected chi connectivity index (χ4v) is 9.35. The van der Waals surface area contributed by atoms with Crippen LogP contribution in [0.5, 0.6) is 0 Å². The van der Waals surface area contributed by atoms with Gasteiger partial charge in [0.1, 0.15) is 41.9 Å². The van der Waals surface area contributed by atoms with Crippen molar-refractivity contribution in [3.05, 3.63) is 128 Å². The normalized spacial score (nSPS) is 16.9. The van der Waals surface area contributed by atoms with Gasteiger partial charge < -0.3 is 5.32 Å². The van der Waals surface area contributed by atoms with E-state index in [1.165, 1.54) is 24.3 Å². The average molecular weight is 946 g/mol. The van der Waals surface area contributed by atoms with Crippen molar-refractivity contribution in [2.45, 2.75) is 63.6 Å². The van der Waals surface area contributed by atoms with E-state index in [-0.39, 0.29) is 50.1 Å². The predicted molar refractivity (Wildman–Crippen MR) is 221 cm³/mol. The molecule has 23 heteroatoms. The van der Waals surface area contributed by atoms with Crippen LogP contribution >= 0.6 is 11.6 Å². The summed E-state index contributed by atoms with van der Waals surface area (Å²) in [5.41, 5.74) is -2.17. The molecule has 9 rings (SSSR count). The minimum Gasteiger partial charge on any atom is -0.344 e. The largest absolute Gasteiger partial charge is 0.344 e. The highest BCUT2D eigenvalue weighted by Crippen LogP contribution is 2.68. The highest BCUT2D eigenvalue weighted by atomic mass is 35.5. The molecule has 0 unspecified atom stereocenters. The van der Waals surface area contributed by atoms with Crippen LogP contribution in [0.3, 0.4) is 0 Å². The van der Waals surface area contributed by atoms with Crippen LogP contribution in [-0.4, -0.2) is 61.1 Å². The molecule has 2 aliphatic rings. The minimum atomic E-state index is -4.13. The molecule has 13 nitrogen and oxygen atoms in total. The van der Waals surface area contributed by atoms with Crippen molar-refractivity contribution in [1.82, 2.24) is 39.4 Å². The molecule has 3 atom stereocenters. The second-order valence-corrected chi connectivity index (χ2v) is 18.0. The van der Waals surface area contributed by atoms with Crippen molar-refractivity contribution in [2.75, 3.05) is 11.0 Å². The van der Waals surface area contributed by atoms with Gasteiger partial charge >= 0.3 is 0 Å². The highest BCUT2D eigenvalue weighted by Gasteiger charge is 2.67. The molecular weight excluding hydrogens is 914 g/mol. The summed E-state index contributed by atoms with van der Waals surface area (Å²) in [6.45, 7) is -0.469. The van der Waals surface area contributed by atoms with E-state index in [1.54, 1.807) is 31.2 Å². The van der Waals surface area contributed by atoms with Crippen LogP contribution in [0.4, 0.5) is 40.9 Å². The van der Waals surface area contributed by atoms with Gasteiger partial charge in [-0.15, -0.1) is 0 Å². The maximum Gasteiger partial charge on any atom is 0.293 e. The number of anilines is 1. The second kappa shape index (κ2) is 15.9. The maximum atomic E-state index is 15.6. The Bertz CT molecular complexity index is 3270. The molecule has 7 aromatic rings. The number of sulfonamides is 1. The molecular formula is C42H32ClF8N9O4S. The quantitative estimate of drug-likeness (QED) is 0.110. The summed E-state index contributed by atoms with van der Waals surface area (Å²) in [6.07, 6.45) is -6.20. The van der Waals surface area contributed by atoms with Gasteiger partial charge in [0, 0.05) is 35.2 Å². The summed E-state index contributed by atoms with van der Waals surface area (Å²) in [6, 6.07) is 12.8. The summed E-state index contributed by atoms with van der Waals surface area (Å²) >= 11 is 6.58. The number of aromatic nitrogens is 7. The summed E-state index contributed by atoms with van der Waals surface area (Å²) in [7, 11) is -4.13. The van der Waals surface area contributed by atoms with Crippen LogP contribution in [0.1, 0.15) is 58.8 Å². The van der Waals surface area contributed by atoms with Gasteiger partial charge in [-0.25, -0.2) is 39.7 Å². The van der Waals surface area contributed by atoms with Crippen molar-refractivity contribution in [1.29, 1.82) is 0 Å². The molecule has 2 N–H and O–H groups in total. The Labute approximate surface area is 367 Å². The molecule has 0 bridgehead atoms. The number of fused-ring (bicyclic) bond motifs is 5. The third-order valence-corrected chi connectivity index (χ3v) is 12.1. The fraction of sp³-hybridized carbons (Fsp3) is 0.286. The van der Waals surface area contributed by atoms with E-state index < -0.39 is 112 Å². The average Bonchev–Trinajstić information content (AvgIpc) is 3.74. The number of carbonyl (C=O) groups excluding carboxylic acids is 1. The summed E-state index contributed by atoms with van der Waals surface area (Å²) in [4.78, 5) is 38.6. The van der Waals surface area contributed by atoms with Gasteiger partial charge in [-0.3, -0.25) is 33.2 Å². The third-order valence-electron chi connectivity index (χ3n) is 11.2. The zero-order chi connectivity index (χ0) is 46.4. The molecule has 0 aliphatic heterocycles. The standard InChI is InChI=1S/C42H32ClF8N9O4S/c1-18-4-3-5-27(52-18)20-6-7-23-28(13-20)54-40(60(41(23)62)30-9-8-26(43)34-36(30)58(16-31(46)47)56-39(34)57-65(2,63)64)29(12-19-10-21(44)14-22(45)11-19)53-32(61)17-59-37-33(35(55-59)38(48)49)24-15-25(24)42(37,50)51/h3-11,13-14,24-25,29,31,38H,12,15-17H2,1-2H3,(H,53,61)(H,56,57)/t24-,25+,29-/m0/s1. The number of nitrogens with zero attached hydrogens (tertiary/aromatic N) is 7. The molecule has 338 valence electrons. The van der Waals surface area contributed by atoms with Gasteiger partial charge in [-0.05, 0) is 73.4 Å². The van der Waals surface area contributed by atoms with Crippen molar-refractivity contribution in [3.8, 4) is 16.9 Å². The number of rotatable bonds is 13. The lowest BCUT2D eigenvalue weighted by Gasteiger charge is -2.24. The Balaban J connectivity index is 1.28. The zero-order valence-corrected chi connectivity index (χ0v) is 35.2. The van der Waals surface area contributed by atoms with Crippen molar-refractivity contribution >= 4 is 55.2 Å². The van der Waals surface area contributed by atoms with E-state index in [4.69, 9.17) is 16.6 Å². The van der Waals surface area contributed by atoms with Gasteiger partial charge in [0.05, 0.1) is 50.5 Å². The Morgan fingerprint density at radius 1 is 0.969 bits per heavy atom. The first-order chi connectivity index (χ1) is 30.7. The number of benzene rings is 3. The van der Waals surface area contributed by atoms with Gasteiger partial charge in [-0.2, -0.15) is 19.0 Å². The van der Waals surface area contributed by atoms with E-state index in [0.29, 0.717) is 32.4 Å². The minimum absolute atomic E-state index is 0.0252. The number of alkyl halides is 6. The highest BCUT2D eigenvalue weighted by molar-refractivity contribution is 7.92. The topological polar surface area (TPSA) is 159 Å². The summed E-state index contributed by atoms with van der Waals surface area (Å²) < 4.78 is 147. The SMILES string of the molecule is Cc1cccc(-c2ccc3c(=O)n(-c4ccc(Cl)c5c(NS(C)(=O)=O)nn(CC(F)F)c45)c([C@H](Cc4cc(F)cc(F)c4)NC(=O)Cn4nc(C(F)F)c5c4C(F)(F)[C@@H]4C[C@H]54)nc3c2)n1. The molecule has 4 heterocycles. The Morgan fingerprint density at radius 2 is 1.71 bits per heavy atom. The van der Waals surface area contributed by atoms with E-state index >= 15 is 13.6 Å². The van der Waals surface area contributed by atoms with Gasteiger partial charge in [-0.1, -0.05) is 23.7 Å². The number of nitrogens with one attached hydrogen (secondary N) is 2. The van der Waals surface area contributed by atoms with Gasteiger partial charge in [0.2, 0.25) is 15.9 Å². The smallest absolute Gasteiger partial charge is 0.293 e. The number of hydrogen-bond acceptors (Lipinski definition) is 8. The van der Waals surface area contributed by atoms with Crippen LogP contribution in [0, 0.1) is 24.5 Å². The Hall–Kier alpha value is -6.42. The van der Waals surface area contributed by atoms with Crippen LogP contribution in [0.2, 0.25) is 5.02 Å². The number of carbonyl (C=O) groups is 1. The monoisotopic (exact) mass is 945 g/mol. The third kappa shape index (κ3) is 8.06. The molecule has 0 radical (unpaired) electrons. The van der Waals surface area contributed by atoms with Crippen LogP contribution in [-0.2, 0) is 40.3 Å². The molecule has 3 aromatic carbocycles. The number of pyridine rings is 1. The lowest BCUT2D eigenvalue weighted by atomic mass is 10.0. The molecule has 65 heavy (non-hydrogen) atoms. The van der Waals surface area contributed by atoms with Crippen LogP contribution in [0.15, 0.2) is 71.5 Å². The predicted octanol–water partition coefficient (Wildman–Crippen LogP) is 8.12. The number of hydrogen-bond donors (Lipinski definition) is 2. The van der Waals surface area contributed by atoms with Crippen molar-refractivity contribution < 1.29 is 48.3 Å². The number of aryl methyl sites for hydroxylation is 1. The lowest BCUT2D eigenvalue weighted by Crippen LogP contribution is -2.38. The fourth-order valence-electron chi connectivity index (χ4n) is 8.61. The molecule has 0 saturated heterocycles. The number of halogens is 9. The van der Waals surface area contributed by atoms with Crippen LogP contribution in [0.25, 0.3) is 38.8 Å². The van der Waals surface area contributed by atoms with E-state index in [9.17, 15) is 39.6 Å². The summed E-state index contributed by atoms with van der Waals surface area (Å²) in [5.74, 6) is -9.88. The first kappa shape index (κ1) is 43.8. The molecule has 0 spiro atoms. The van der Waals surface area contributed by atoms with Gasteiger partial charge in [0.15, 0.2) is 5.82 Å². The maximum absolute atomic E-state index is 15.6. The summed E-state index contributed by atoms with van der Waals surface area (Å²) in [5, 5.41) is 9.84. The molecule has 4 aromatic heterocycles. The number of amides is 1. The Morgan fingerprint density at radius 3 is 2.38 bits per heavy atom. The van der Waals surface area contributed by atoms with Crippen LogP contribution < -0.4 is 15.6 Å². The van der Waals surface area contributed by atoms with Crippen molar-refractivity contribution in [3.63, 3.8) is 0 Å². The molecule has 1 fully saturated rings. The van der Waals surface area contributed by atoms with Crippen molar-refractivity contribution in [2.24, 2.45) is 5.92 Å². The van der Waals surface area contributed by atoms with E-state index in [2.05, 4.69) is 25.2 Å². The zero-order valence-electron chi connectivity index (χ0n) is 33.6. The second-order valence-electron chi connectivity index (χ2n) is 15.9. The molecule has 2 aliphatic carbocycles. The molecule has 1 amide bonds. The van der Waals surface area contributed by atoms with Gasteiger partial charge in [0.25, 0.3) is 24.3 Å². The Kier molecular flexibility index (Phi) is 10.7. The lowest BCUT2D eigenvalue weighted by molar-refractivity contribution is -0.123.